The van der Waals surface area contributed by atoms with Crippen molar-refractivity contribution in [2.75, 3.05) is 12.0 Å². The molecular formula is C13H17F2NO2S. The molecule has 106 valence electrons. The zero-order valence-electron chi connectivity index (χ0n) is 10.6. The van der Waals surface area contributed by atoms with E-state index < -0.39 is 17.9 Å². The molecule has 0 saturated carbocycles. The maximum atomic E-state index is 12.7. The number of benzene rings is 1. The van der Waals surface area contributed by atoms with Gasteiger partial charge in [-0.05, 0) is 10.9 Å². The minimum absolute atomic E-state index is 0.205. The van der Waals surface area contributed by atoms with Gasteiger partial charge in [0.25, 0.3) is 6.43 Å². The van der Waals surface area contributed by atoms with Crippen LogP contribution in [0.1, 0.15) is 12.0 Å². The second-order valence-electron chi connectivity index (χ2n) is 4.49. The van der Waals surface area contributed by atoms with Crippen molar-refractivity contribution >= 4 is 16.9 Å². The molecule has 1 unspecified atom stereocenters. The van der Waals surface area contributed by atoms with E-state index in [1.54, 1.807) is 0 Å². The summed E-state index contributed by atoms with van der Waals surface area (Å²) in [4.78, 5) is 10.7. The number of alkyl halides is 2. The highest BCUT2D eigenvalue weighted by Crippen LogP contribution is 2.19. The Morgan fingerprint density at radius 1 is 1.42 bits per heavy atom. The summed E-state index contributed by atoms with van der Waals surface area (Å²) in [5.41, 5.74) is 3.77. The highest BCUT2D eigenvalue weighted by molar-refractivity contribution is 7.95. The van der Waals surface area contributed by atoms with E-state index in [0.29, 0.717) is 5.75 Å². The maximum absolute atomic E-state index is 12.7. The van der Waals surface area contributed by atoms with Gasteiger partial charge in [0, 0.05) is 12.0 Å². The van der Waals surface area contributed by atoms with Gasteiger partial charge in [-0.25, -0.2) is 8.78 Å². The van der Waals surface area contributed by atoms with Gasteiger partial charge < -0.3 is 15.6 Å². The molecule has 0 fully saturated rings. The van der Waals surface area contributed by atoms with Gasteiger partial charge in [0.15, 0.2) is 0 Å². The SMILES string of the molecule is C[S+](CC[C@](N)(C(=O)[O-])C(F)F)Cc1ccccc1. The van der Waals surface area contributed by atoms with Gasteiger partial charge in [-0.1, -0.05) is 30.3 Å². The van der Waals surface area contributed by atoms with Crippen molar-refractivity contribution < 1.29 is 18.7 Å². The molecule has 0 aliphatic rings. The second kappa shape index (κ2) is 6.86. The van der Waals surface area contributed by atoms with E-state index in [-0.39, 0.29) is 17.3 Å². The van der Waals surface area contributed by atoms with E-state index >= 15 is 0 Å². The van der Waals surface area contributed by atoms with Crippen LogP contribution in [-0.4, -0.2) is 29.9 Å². The van der Waals surface area contributed by atoms with Crippen LogP contribution in [0.25, 0.3) is 0 Å². The molecule has 0 saturated heterocycles. The Morgan fingerprint density at radius 2 is 2.00 bits per heavy atom. The van der Waals surface area contributed by atoms with Crippen molar-refractivity contribution in [3.05, 3.63) is 35.9 Å². The lowest BCUT2D eigenvalue weighted by Crippen LogP contribution is -2.61. The van der Waals surface area contributed by atoms with Crippen molar-refractivity contribution in [2.24, 2.45) is 5.73 Å². The Balaban J connectivity index is 2.53. The van der Waals surface area contributed by atoms with Gasteiger partial charge in [-0.15, -0.1) is 0 Å². The number of hydrogen-bond donors (Lipinski definition) is 1. The predicted molar refractivity (Wildman–Crippen MR) is 70.8 cm³/mol. The third-order valence-electron chi connectivity index (χ3n) is 2.89. The molecule has 3 nitrogen and oxygen atoms in total. The molecule has 0 aromatic heterocycles. The van der Waals surface area contributed by atoms with Gasteiger partial charge in [-0.3, -0.25) is 0 Å². The summed E-state index contributed by atoms with van der Waals surface area (Å²) in [6.07, 6.45) is -1.49. The lowest BCUT2D eigenvalue weighted by Gasteiger charge is -2.28. The Hall–Kier alpha value is -1.14. The molecule has 2 atom stereocenters. The Labute approximate surface area is 114 Å². The van der Waals surface area contributed by atoms with Crippen LogP contribution in [-0.2, 0) is 21.4 Å². The zero-order chi connectivity index (χ0) is 14.5. The number of halogens is 2. The minimum Gasteiger partial charge on any atom is -0.548 e. The van der Waals surface area contributed by atoms with Crippen LogP contribution in [0.15, 0.2) is 30.3 Å². The van der Waals surface area contributed by atoms with Gasteiger partial charge in [0.2, 0.25) is 0 Å². The number of carbonyl (C=O) groups is 1. The normalized spacial score (nSPS) is 16.1. The zero-order valence-corrected chi connectivity index (χ0v) is 11.5. The fourth-order valence-electron chi connectivity index (χ4n) is 1.57. The number of nitrogens with two attached hydrogens (primary N) is 1. The number of rotatable bonds is 7. The van der Waals surface area contributed by atoms with Crippen LogP contribution < -0.4 is 10.8 Å². The fourth-order valence-corrected chi connectivity index (χ4v) is 3.17. The van der Waals surface area contributed by atoms with Gasteiger partial charge >= 0.3 is 0 Å². The van der Waals surface area contributed by atoms with Gasteiger partial charge in [0.1, 0.15) is 17.0 Å². The highest BCUT2D eigenvalue weighted by atomic mass is 32.2. The summed E-state index contributed by atoms with van der Waals surface area (Å²) in [7, 11) is -0.205. The number of carboxylic acids is 1. The first-order chi connectivity index (χ1) is 8.86. The molecule has 1 aromatic carbocycles. The molecule has 1 aromatic rings. The largest absolute Gasteiger partial charge is 0.548 e. The fraction of sp³-hybridized carbons (Fsp3) is 0.462. The third-order valence-corrected chi connectivity index (χ3v) is 4.62. The van der Waals surface area contributed by atoms with Crippen LogP contribution in [0.2, 0.25) is 0 Å². The van der Waals surface area contributed by atoms with E-state index in [0.717, 1.165) is 11.3 Å². The number of carbonyl (C=O) groups excluding carboxylic acids is 1. The quantitative estimate of drug-likeness (QED) is 0.745. The van der Waals surface area contributed by atoms with Crippen molar-refractivity contribution in [3.8, 4) is 0 Å². The molecule has 0 bridgehead atoms. The van der Waals surface area contributed by atoms with Crippen LogP contribution in [0, 0.1) is 0 Å². The first-order valence-electron chi connectivity index (χ1n) is 5.78. The molecule has 0 radical (unpaired) electrons. The Kier molecular flexibility index (Phi) is 5.75. The van der Waals surface area contributed by atoms with Crippen LogP contribution in [0.4, 0.5) is 8.78 Å². The average Bonchev–Trinajstić information content (AvgIpc) is 2.36. The first-order valence-corrected chi connectivity index (χ1v) is 7.75. The maximum Gasteiger partial charge on any atom is 0.261 e. The summed E-state index contributed by atoms with van der Waals surface area (Å²) >= 11 is 0. The summed E-state index contributed by atoms with van der Waals surface area (Å²) in [5, 5.41) is 10.7. The van der Waals surface area contributed by atoms with E-state index in [9.17, 15) is 18.7 Å². The topological polar surface area (TPSA) is 66.2 Å². The molecule has 19 heavy (non-hydrogen) atoms. The molecule has 2 N–H and O–H groups in total. The predicted octanol–water partition coefficient (Wildman–Crippen LogP) is 0.537. The average molecular weight is 289 g/mol. The van der Waals surface area contributed by atoms with Gasteiger partial charge in [0.05, 0.1) is 12.2 Å². The summed E-state index contributed by atoms with van der Waals surface area (Å²) in [5.74, 6) is -0.823. The van der Waals surface area contributed by atoms with E-state index in [1.165, 1.54) is 0 Å². The van der Waals surface area contributed by atoms with Crippen LogP contribution in [0.3, 0.4) is 0 Å². The number of aliphatic carboxylic acids is 1. The molecule has 0 heterocycles. The summed E-state index contributed by atoms with van der Waals surface area (Å²) in [6.45, 7) is 0. The first kappa shape index (κ1) is 15.9. The number of carboxylic acid groups (broad SMARTS) is 1. The lowest BCUT2D eigenvalue weighted by atomic mass is 9.99. The van der Waals surface area contributed by atoms with Gasteiger partial charge in [-0.2, -0.15) is 0 Å². The Morgan fingerprint density at radius 3 is 2.47 bits per heavy atom. The molecule has 0 spiro atoms. The van der Waals surface area contributed by atoms with E-state index in [1.807, 2.05) is 36.6 Å². The standard InChI is InChI=1S/C13H17F2NO2S/c1-19(9-10-5-3-2-4-6-10)8-7-13(16,11(14)15)12(17)18/h2-6,11H,7-9,16H2,1H3/t13-,19?/m1/s1. The third kappa shape index (κ3) is 4.47. The van der Waals surface area contributed by atoms with Crippen LogP contribution in [0.5, 0.6) is 0 Å². The summed E-state index contributed by atoms with van der Waals surface area (Å²) < 4.78 is 25.3. The lowest BCUT2D eigenvalue weighted by molar-refractivity contribution is -0.317. The number of hydrogen-bond acceptors (Lipinski definition) is 3. The molecular weight excluding hydrogens is 272 g/mol. The van der Waals surface area contributed by atoms with Crippen LogP contribution >= 0.6 is 0 Å². The monoisotopic (exact) mass is 289 g/mol. The highest BCUT2D eigenvalue weighted by Gasteiger charge is 2.39. The van der Waals surface area contributed by atoms with E-state index in [4.69, 9.17) is 5.73 Å². The Bertz CT molecular complexity index is 416. The van der Waals surface area contributed by atoms with Crippen molar-refractivity contribution in [2.45, 2.75) is 24.1 Å². The second-order valence-corrected chi connectivity index (χ2v) is 6.75. The smallest absolute Gasteiger partial charge is 0.261 e. The van der Waals surface area contributed by atoms with E-state index in [2.05, 4.69) is 0 Å². The van der Waals surface area contributed by atoms with Crippen molar-refractivity contribution in [1.82, 2.24) is 0 Å². The minimum atomic E-state index is -3.12. The van der Waals surface area contributed by atoms with Crippen molar-refractivity contribution in [1.29, 1.82) is 0 Å². The molecule has 0 amide bonds. The molecule has 1 rings (SSSR count). The van der Waals surface area contributed by atoms with Crippen molar-refractivity contribution in [3.63, 3.8) is 0 Å². The summed E-state index contributed by atoms with van der Waals surface area (Å²) in [6, 6.07) is 9.60. The molecule has 0 aliphatic heterocycles. The molecule has 6 heteroatoms. The molecule has 0 aliphatic carbocycles.